The van der Waals surface area contributed by atoms with Crippen LogP contribution in [0.4, 0.5) is 10.1 Å². The third-order valence-electron chi connectivity index (χ3n) is 4.40. The second-order valence-electron chi connectivity index (χ2n) is 6.52. The molecule has 3 rings (SSSR count). The van der Waals surface area contributed by atoms with Crippen LogP contribution in [0.1, 0.15) is 19.3 Å². The lowest BCUT2D eigenvalue weighted by Gasteiger charge is -2.26. The average Bonchev–Trinajstić information content (AvgIpc) is 2.69. The van der Waals surface area contributed by atoms with E-state index in [9.17, 15) is 17.6 Å². The molecular formula is C19H19Cl2FN2O4S. The van der Waals surface area contributed by atoms with Crippen LogP contribution >= 0.6 is 23.2 Å². The second kappa shape index (κ2) is 9.30. The fourth-order valence-corrected chi connectivity index (χ4v) is 5.20. The van der Waals surface area contributed by atoms with Crippen LogP contribution in [0.3, 0.4) is 0 Å². The van der Waals surface area contributed by atoms with Crippen molar-refractivity contribution >= 4 is 44.8 Å². The zero-order valence-electron chi connectivity index (χ0n) is 15.3. The first-order chi connectivity index (χ1) is 13.8. The number of ether oxygens (including phenoxy) is 1. The summed E-state index contributed by atoms with van der Waals surface area (Å²) >= 11 is 12.0. The maximum atomic E-state index is 13.1. The number of rotatable bonds is 6. The number of hydrogen-bond donors (Lipinski definition) is 1. The van der Waals surface area contributed by atoms with Crippen LogP contribution in [0.2, 0.25) is 10.0 Å². The molecule has 6 nitrogen and oxygen atoms in total. The highest BCUT2D eigenvalue weighted by Gasteiger charge is 2.28. The number of halogens is 3. The number of sulfonamides is 1. The Bertz CT molecular complexity index is 1010. The molecular weight excluding hydrogens is 442 g/mol. The number of benzene rings is 2. The zero-order chi connectivity index (χ0) is 21.0. The zero-order valence-corrected chi connectivity index (χ0v) is 17.7. The van der Waals surface area contributed by atoms with Crippen molar-refractivity contribution in [3.63, 3.8) is 0 Å². The van der Waals surface area contributed by atoms with Gasteiger partial charge in [-0.25, -0.2) is 12.8 Å². The summed E-state index contributed by atoms with van der Waals surface area (Å²) in [7, 11) is -3.75. The van der Waals surface area contributed by atoms with Gasteiger partial charge < -0.3 is 10.1 Å². The maximum absolute atomic E-state index is 13.1. The van der Waals surface area contributed by atoms with Crippen molar-refractivity contribution in [2.24, 2.45) is 0 Å². The number of nitrogens with one attached hydrogen (secondary N) is 1. The summed E-state index contributed by atoms with van der Waals surface area (Å²) in [6, 6.07) is 7.80. The fourth-order valence-electron chi connectivity index (χ4n) is 2.96. The molecule has 1 N–H and O–H groups in total. The van der Waals surface area contributed by atoms with Gasteiger partial charge in [0.25, 0.3) is 5.91 Å². The van der Waals surface area contributed by atoms with Crippen molar-refractivity contribution in [3.8, 4) is 5.75 Å². The molecule has 2 aromatic rings. The Balaban J connectivity index is 1.69. The largest absolute Gasteiger partial charge is 0.482 e. The van der Waals surface area contributed by atoms with Crippen molar-refractivity contribution in [1.82, 2.24) is 4.31 Å². The third-order valence-corrected chi connectivity index (χ3v) is 7.08. The number of anilines is 1. The lowest BCUT2D eigenvalue weighted by Crippen LogP contribution is -2.35. The Morgan fingerprint density at radius 1 is 1.07 bits per heavy atom. The lowest BCUT2D eigenvalue weighted by atomic mass is 10.2. The smallest absolute Gasteiger partial charge is 0.262 e. The van der Waals surface area contributed by atoms with Gasteiger partial charge in [0.15, 0.2) is 6.61 Å². The van der Waals surface area contributed by atoms with E-state index in [1.165, 1.54) is 28.6 Å². The number of amides is 1. The van der Waals surface area contributed by atoms with E-state index in [-0.39, 0.29) is 33.0 Å². The molecule has 0 radical (unpaired) electrons. The molecule has 29 heavy (non-hydrogen) atoms. The molecule has 156 valence electrons. The summed E-state index contributed by atoms with van der Waals surface area (Å²) < 4.78 is 45.5. The Morgan fingerprint density at radius 3 is 2.48 bits per heavy atom. The number of hydrogen-bond acceptors (Lipinski definition) is 4. The molecule has 1 saturated heterocycles. The quantitative estimate of drug-likeness (QED) is 0.695. The molecule has 0 bridgehead atoms. The van der Waals surface area contributed by atoms with E-state index in [4.69, 9.17) is 27.9 Å². The van der Waals surface area contributed by atoms with Crippen LogP contribution < -0.4 is 10.1 Å². The Labute approximate surface area is 178 Å². The summed E-state index contributed by atoms with van der Waals surface area (Å²) in [6.07, 6.45) is 2.60. The van der Waals surface area contributed by atoms with Crippen LogP contribution in [-0.2, 0) is 14.8 Å². The number of nitrogens with zero attached hydrogens (tertiary/aromatic N) is 1. The van der Waals surface area contributed by atoms with Gasteiger partial charge >= 0.3 is 0 Å². The van der Waals surface area contributed by atoms with E-state index in [1.807, 2.05) is 0 Å². The molecule has 0 saturated carbocycles. The van der Waals surface area contributed by atoms with E-state index < -0.39 is 21.7 Å². The normalized spacial score (nSPS) is 15.1. The predicted octanol–water partition coefficient (Wildman–Crippen LogP) is 4.32. The highest BCUT2D eigenvalue weighted by atomic mass is 35.5. The van der Waals surface area contributed by atoms with Gasteiger partial charge in [-0.15, -0.1) is 0 Å². The van der Waals surface area contributed by atoms with Gasteiger partial charge in [0, 0.05) is 18.8 Å². The molecule has 0 aromatic heterocycles. The van der Waals surface area contributed by atoms with E-state index >= 15 is 0 Å². The van der Waals surface area contributed by atoms with Crippen LogP contribution in [0, 0.1) is 5.82 Å². The molecule has 0 spiro atoms. The average molecular weight is 461 g/mol. The molecule has 1 heterocycles. The van der Waals surface area contributed by atoms with Crippen LogP contribution in [-0.4, -0.2) is 38.3 Å². The third kappa shape index (κ3) is 5.39. The Hall–Kier alpha value is -1.87. The van der Waals surface area contributed by atoms with Crippen molar-refractivity contribution in [2.75, 3.05) is 25.0 Å². The SMILES string of the molecule is O=C(COc1ccc(F)cc1Cl)Nc1ccc(Cl)c(S(=O)(=O)N2CCCCC2)c1. The van der Waals surface area contributed by atoms with Crippen molar-refractivity contribution in [2.45, 2.75) is 24.2 Å². The number of carbonyl (C=O) groups excluding carboxylic acids is 1. The van der Waals surface area contributed by atoms with Crippen molar-refractivity contribution in [3.05, 3.63) is 52.3 Å². The summed E-state index contributed by atoms with van der Waals surface area (Å²) in [6.45, 7) is 0.505. The maximum Gasteiger partial charge on any atom is 0.262 e. The first kappa shape index (κ1) is 21.8. The van der Waals surface area contributed by atoms with Gasteiger partial charge in [-0.05, 0) is 49.2 Å². The van der Waals surface area contributed by atoms with Gasteiger partial charge in [0.2, 0.25) is 10.0 Å². The first-order valence-electron chi connectivity index (χ1n) is 8.95. The van der Waals surface area contributed by atoms with Crippen LogP contribution in [0.5, 0.6) is 5.75 Å². The first-order valence-corrected chi connectivity index (χ1v) is 11.1. The monoisotopic (exact) mass is 460 g/mol. The highest BCUT2D eigenvalue weighted by Crippen LogP contribution is 2.29. The summed E-state index contributed by atoms with van der Waals surface area (Å²) in [5, 5.41) is 2.69. The van der Waals surface area contributed by atoms with Gasteiger partial charge in [0.1, 0.15) is 16.5 Å². The molecule has 0 unspecified atom stereocenters. The highest BCUT2D eigenvalue weighted by molar-refractivity contribution is 7.89. The molecule has 1 aliphatic rings. The van der Waals surface area contributed by atoms with Gasteiger partial charge in [-0.3, -0.25) is 4.79 Å². The molecule has 1 fully saturated rings. The summed E-state index contributed by atoms with van der Waals surface area (Å²) in [5.41, 5.74) is 0.267. The second-order valence-corrected chi connectivity index (χ2v) is 9.24. The van der Waals surface area contributed by atoms with Crippen molar-refractivity contribution in [1.29, 1.82) is 0 Å². The van der Waals surface area contributed by atoms with E-state index in [0.29, 0.717) is 13.1 Å². The van der Waals surface area contributed by atoms with Gasteiger partial charge in [-0.1, -0.05) is 29.6 Å². The summed E-state index contributed by atoms with van der Waals surface area (Å²) in [4.78, 5) is 12.1. The van der Waals surface area contributed by atoms with E-state index in [0.717, 1.165) is 31.4 Å². The molecule has 0 aliphatic carbocycles. The lowest BCUT2D eigenvalue weighted by molar-refractivity contribution is -0.118. The molecule has 0 atom stereocenters. The molecule has 2 aromatic carbocycles. The fraction of sp³-hybridized carbons (Fsp3) is 0.316. The van der Waals surface area contributed by atoms with E-state index in [2.05, 4.69) is 5.32 Å². The number of piperidine rings is 1. The predicted molar refractivity (Wildman–Crippen MR) is 110 cm³/mol. The van der Waals surface area contributed by atoms with Crippen LogP contribution in [0.25, 0.3) is 0 Å². The topological polar surface area (TPSA) is 75.7 Å². The summed E-state index contributed by atoms with van der Waals surface area (Å²) in [5.74, 6) is -0.892. The Morgan fingerprint density at radius 2 is 1.79 bits per heavy atom. The minimum absolute atomic E-state index is 0.0409. The van der Waals surface area contributed by atoms with Gasteiger partial charge in [-0.2, -0.15) is 4.31 Å². The molecule has 10 heteroatoms. The number of carbonyl (C=O) groups is 1. The minimum Gasteiger partial charge on any atom is -0.482 e. The van der Waals surface area contributed by atoms with E-state index in [1.54, 1.807) is 0 Å². The molecule has 1 aliphatic heterocycles. The van der Waals surface area contributed by atoms with Crippen molar-refractivity contribution < 1.29 is 22.3 Å². The Kier molecular flexibility index (Phi) is 7.00. The van der Waals surface area contributed by atoms with Gasteiger partial charge in [0.05, 0.1) is 10.0 Å². The minimum atomic E-state index is -3.75. The standard InChI is InChI=1S/C19H19Cl2FN2O4S/c20-15-6-5-14(11-18(15)29(26,27)24-8-2-1-3-9-24)23-19(25)12-28-17-7-4-13(22)10-16(17)21/h4-7,10-11H,1-3,8-9,12H2,(H,23,25). The van der Waals surface area contributed by atoms with Crippen LogP contribution in [0.15, 0.2) is 41.3 Å². The molecule has 1 amide bonds.